The second-order valence-corrected chi connectivity index (χ2v) is 5.66. The van der Waals surface area contributed by atoms with Crippen molar-refractivity contribution in [3.8, 4) is 5.69 Å². The second-order valence-electron chi connectivity index (χ2n) is 5.66. The van der Waals surface area contributed by atoms with Gasteiger partial charge in [0.15, 0.2) is 5.69 Å². The first-order valence-corrected chi connectivity index (χ1v) is 7.36. The quantitative estimate of drug-likeness (QED) is 0.801. The van der Waals surface area contributed by atoms with Gasteiger partial charge in [0.05, 0.1) is 5.69 Å². The first kappa shape index (κ1) is 14.4. The largest absolute Gasteiger partial charge is 0.476 e. The van der Waals surface area contributed by atoms with Gasteiger partial charge in [-0.15, -0.1) is 0 Å². The molecule has 0 spiro atoms. The average molecular weight is 302 g/mol. The molecule has 2 heterocycles. The summed E-state index contributed by atoms with van der Waals surface area (Å²) in [6.45, 7) is 0. The third kappa shape index (κ3) is 2.61. The lowest BCUT2D eigenvalue weighted by Crippen LogP contribution is -2.19. The van der Waals surface area contributed by atoms with Crippen molar-refractivity contribution in [2.45, 2.75) is 38.0 Å². The summed E-state index contributed by atoms with van der Waals surface area (Å²) in [6.07, 6.45) is 8.35. The van der Waals surface area contributed by atoms with Crippen molar-refractivity contribution in [3.05, 3.63) is 40.3 Å². The number of pyridine rings is 1. The minimum absolute atomic E-state index is 0.0638. The van der Waals surface area contributed by atoms with E-state index in [1.54, 1.807) is 0 Å². The van der Waals surface area contributed by atoms with Gasteiger partial charge in [0.1, 0.15) is 12.0 Å². The van der Waals surface area contributed by atoms with Gasteiger partial charge in [0.2, 0.25) is 0 Å². The number of anilines is 1. The highest BCUT2D eigenvalue weighted by atomic mass is 16.4. The third-order valence-electron chi connectivity index (χ3n) is 4.20. The molecular weight excluding hydrogens is 284 g/mol. The number of aromatic amines is 1. The lowest BCUT2D eigenvalue weighted by atomic mass is 9.86. The summed E-state index contributed by atoms with van der Waals surface area (Å²) >= 11 is 0. The number of hydrogen-bond donors (Lipinski definition) is 3. The Kier molecular flexibility index (Phi) is 3.70. The maximum Gasteiger partial charge on any atom is 0.356 e. The predicted molar refractivity (Wildman–Crippen MR) is 81.4 cm³/mol. The second kappa shape index (κ2) is 5.67. The number of carbonyl (C=O) groups is 1. The number of imidazole rings is 1. The number of carboxylic acids is 1. The molecule has 0 saturated heterocycles. The van der Waals surface area contributed by atoms with Crippen molar-refractivity contribution in [1.82, 2.24) is 14.5 Å². The number of nitrogens with zero attached hydrogens (tertiary/aromatic N) is 2. The summed E-state index contributed by atoms with van der Waals surface area (Å²) in [5.74, 6) is -0.794. The highest BCUT2D eigenvalue weighted by molar-refractivity contribution is 5.85. The molecule has 7 heteroatoms. The Morgan fingerprint density at radius 3 is 2.73 bits per heavy atom. The van der Waals surface area contributed by atoms with Crippen LogP contribution in [0, 0.1) is 0 Å². The molecule has 0 aliphatic heterocycles. The predicted octanol–water partition coefficient (Wildman–Crippen LogP) is 1.89. The zero-order valence-electron chi connectivity index (χ0n) is 12.1. The summed E-state index contributed by atoms with van der Waals surface area (Å²) in [7, 11) is 0. The van der Waals surface area contributed by atoms with Crippen LogP contribution < -0.4 is 11.3 Å². The molecule has 1 aliphatic rings. The van der Waals surface area contributed by atoms with Gasteiger partial charge < -0.3 is 20.4 Å². The highest BCUT2D eigenvalue weighted by Gasteiger charge is 2.19. The third-order valence-corrected chi connectivity index (χ3v) is 4.20. The monoisotopic (exact) mass is 302 g/mol. The van der Waals surface area contributed by atoms with Crippen LogP contribution >= 0.6 is 0 Å². The summed E-state index contributed by atoms with van der Waals surface area (Å²) in [4.78, 5) is 29.7. The zero-order chi connectivity index (χ0) is 15.7. The van der Waals surface area contributed by atoms with Crippen LogP contribution in [-0.2, 0) is 0 Å². The van der Waals surface area contributed by atoms with Gasteiger partial charge >= 0.3 is 5.97 Å². The van der Waals surface area contributed by atoms with Crippen molar-refractivity contribution in [1.29, 1.82) is 0 Å². The highest BCUT2D eigenvalue weighted by Crippen LogP contribution is 2.32. The summed E-state index contributed by atoms with van der Waals surface area (Å²) in [5.41, 5.74) is 6.83. The maximum absolute atomic E-state index is 12.1. The molecule has 116 valence electrons. The van der Waals surface area contributed by atoms with E-state index in [2.05, 4.69) is 9.97 Å². The van der Waals surface area contributed by atoms with Gasteiger partial charge in [-0.05, 0) is 24.8 Å². The van der Waals surface area contributed by atoms with Gasteiger partial charge in [-0.25, -0.2) is 9.78 Å². The van der Waals surface area contributed by atoms with Crippen LogP contribution in [0.3, 0.4) is 0 Å². The molecule has 7 nitrogen and oxygen atoms in total. The number of aromatic nitrogens is 3. The van der Waals surface area contributed by atoms with E-state index in [1.165, 1.54) is 23.5 Å². The molecule has 2 aromatic heterocycles. The van der Waals surface area contributed by atoms with Crippen molar-refractivity contribution >= 4 is 11.7 Å². The molecule has 0 amide bonds. The fourth-order valence-electron chi connectivity index (χ4n) is 2.99. The van der Waals surface area contributed by atoms with Crippen LogP contribution in [0.25, 0.3) is 5.69 Å². The lowest BCUT2D eigenvalue weighted by molar-refractivity contribution is 0.0691. The molecule has 0 aromatic carbocycles. The van der Waals surface area contributed by atoms with Gasteiger partial charge in [-0.1, -0.05) is 19.3 Å². The Bertz CT molecular complexity index is 756. The molecule has 22 heavy (non-hydrogen) atoms. The van der Waals surface area contributed by atoms with E-state index >= 15 is 0 Å². The first-order valence-electron chi connectivity index (χ1n) is 7.36. The minimum atomic E-state index is -1.12. The Morgan fingerprint density at radius 1 is 1.36 bits per heavy atom. The SMILES string of the molecule is Nc1c(-n2cnc(C(=O)O)c2)cc(C2CCCCC2)[nH]c1=O. The lowest BCUT2D eigenvalue weighted by Gasteiger charge is -2.22. The molecule has 0 atom stereocenters. The molecule has 1 aliphatic carbocycles. The van der Waals surface area contributed by atoms with Gasteiger partial charge in [0.25, 0.3) is 5.56 Å². The van der Waals surface area contributed by atoms with Crippen molar-refractivity contribution in [2.24, 2.45) is 0 Å². The Morgan fingerprint density at radius 2 is 2.09 bits per heavy atom. The smallest absolute Gasteiger partial charge is 0.356 e. The molecular formula is C15H18N4O3. The summed E-state index contributed by atoms with van der Waals surface area (Å²) in [5, 5.41) is 8.95. The number of nitrogen functional groups attached to an aromatic ring is 1. The molecule has 3 rings (SSSR count). The summed E-state index contributed by atoms with van der Waals surface area (Å²) in [6, 6.07) is 1.83. The number of carboxylic acid groups (broad SMARTS) is 1. The van der Waals surface area contributed by atoms with Crippen molar-refractivity contribution < 1.29 is 9.90 Å². The van der Waals surface area contributed by atoms with Crippen LogP contribution in [0.15, 0.2) is 23.4 Å². The Hall–Kier alpha value is -2.57. The number of rotatable bonds is 3. The normalized spacial score (nSPS) is 15.8. The average Bonchev–Trinajstić information content (AvgIpc) is 3.01. The molecule has 0 bridgehead atoms. The standard InChI is InChI=1S/C15H18N4O3/c16-13-12(19-7-11(15(21)22)17-8-19)6-10(18-14(13)20)9-4-2-1-3-5-9/h6-9H,1-5,16H2,(H,18,20)(H,21,22). The van der Waals surface area contributed by atoms with Crippen LogP contribution in [-0.4, -0.2) is 25.6 Å². The van der Waals surface area contributed by atoms with E-state index in [1.807, 2.05) is 6.07 Å². The molecule has 4 N–H and O–H groups in total. The number of hydrogen-bond acceptors (Lipinski definition) is 4. The molecule has 1 saturated carbocycles. The Balaban J connectivity index is 2.04. The molecule has 0 unspecified atom stereocenters. The van der Waals surface area contributed by atoms with Crippen LogP contribution in [0.4, 0.5) is 5.69 Å². The van der Waals surface area contributed by atoms with E-state index in [0.717, 1.165) is 31.4 Å². The van der Waals surface area contributed by atoms with Gasteiger partial charge in [-0.3, -0.25) is 4.79 Å². The molecule has 1 fully saturated rings. The van der Waals surface area contributed by atoms with E-state index in [0.29, 0.717) is 11.6 Å². The fourth-order valence-corrected chi connectivity index (χ4v) is 2.99. The summed E-state index contributed by atoms with van der Waals surface area (Å²) < 4.78 is 1.49. The van der Waals surface area contributed by atoms with Crippen molar-refractivity contribution in [3.63, 3.8) is 0 Å². The van der Waals surface area contributed by atoms with Crippen LogP contribution in [0.1, 0.15) is 54.2 Å². The number of H-pyrrole nitrogens is 1. The van der Waals surface area contributed by atoms with E-state index < -0.39 is 5.97 Å². The van der Waals surface area contributed by atoms with E-state index in [-0.39, 0.29) is 16.9 Å². The number of nitrogens with one attached hydrogen (secondary N) is 1. The van der Waals surface area contributed by atoms with Gasteiger partial charge in [-0.2, -0.15) is 0 Å². The first-order chi connectivity index (χ1) is 10.6. The van der Waals surface area contributed by atoms with E-state index in [4.69, 9.17) is 10.8 Å². The fraction of sp³-hybridized carbons (Fsp3) is 0.400. The van der Waals surface area contributed by atoms with Crippen LogP contribution in [0.2, 0.25) is 0 Å². The van der Waals surface area contributed by atoms with Crippen molar-refractivity contribution in [2.75, 3.05) is 5.73 Å². The topological polar surface area (TPSA) is 114 Å². The van der Waals surface area contributed by atoms with Crippen LogP contribution in [0.5, 0.6) is 0 Å². The maximum atomic E-state index is 12.1. The zero-order valence-corrected chi connectivity index (χ0v) is 12.1. The minimum Gasteiger partial charge on any atom is -0.476 e. The number of nitrogens with two attached hydrogens (primary N) is 1. The Labute approximate surface area is 126 Å². The number of aromatic carboxylic acids is 1. The molecule has 0 radical (unpaired) electrons. The van der Waals surface area contributed by atoms with Gasteiger partial charge in [0, 0.05) is 11.9 Å². The molecule has 2 aromatic rings. The van der Waals surface area contributed by atoms with E-state index in [9.17, 15) is 9.59 Å².